The van der Waals surface area contributed by atoms with Gasteiger partial charge in [-0.15, -0.1) is 0 Å². The molecular weight excluding hydrogens is 262 g/mol. The van der Waals surface area contributed by atoms with Gasteiger partial charge < -0.3 is 9.31 Å². The molecular formula is C13H16BClN2O2. The van der Waals surface area contributed by atoms with Gasteiger partial charge in [0.25, 0.3) is 0 Å². The van der Waals surface area contributed by atoms with Crippen LogP contribution in [0.15, 0.2) is 12.1 Å². The highest BCUT2D eigenvalue weighted by Gasteiger charge is 2.52. The summed E-state index contributed by atoms with van der Waals surface area (Å²) in [4.78, 5) is 4.37. The molecule has 0 radical (unpaired) electrons. The minimum Gasteiger partial charge on any atom is -0.398 e. The van der Waals surface area contributed by atoms with Crippen molar-refractivity contribution in [3.05, 3.63) is 22.8 Å². The van der Waals surface area contributed by atoms with Crippen LogP contribution in [0.3, 0.4) is 0 Å². The molecule has 6 heteroatoms. The van der Waals surface area contributed by atoms with Gasteiger partial charge >= 0.3 is 7.12 Å². The van der Waals surface area contributed by atoms with Crippen LogP contribution in [0, 0.1) is 11.3 Å². The maximum Gasteiger partial charge on any atom is 0.514 e. The summed E-state index contributed by atoms with van der Waals surface area (Å²) in [7, 11) is -0.528. The second kappa shape index (κ2) is 4.79. The van der Waals surface area contributed by atoms with Gasteiger partial charge in [-0.1, -0.05) is 11.6 Å². The molecule has 1 aliphatic rings. The lowest BCUT2D eigenvalue weighted by Gasteiger charge is -2.32. The van der Waals surface area contributed by atoms with E-state index in [1.807, 2.05) is 33.8 Å². The van der Waals surface area contributed by atoms with Gasteiger partial charge in [-0.3, -0.25) is 4.98 Å². The zero-order valence-corrected chi connectivity index (χ0v) is 12.3. The number of aromatic nitrogens is 1. The second-order valence-electron chi connectivity index (χ2n) is 5.59. The number of halogens is 1. The van der Waals surface area contributed by atoms with E-state index in [0.29, 0.717) is 16.3 Å². The zero-order chi connectivity index (χ0) is 14.3. The fourth-order valence-electron chi connectivity index (χ4n) is 1.80. The molecule has 1 fully saturated rings. The summed E-state index contributed by atoms with van der Waals surface area (Å²) in [6.07, 6.45) is 0.173. The van der Waals surface area contributed by atoms with Crippen molar-refractivity contribution < 1.29 is 9.31 Å². The first-order valence-corrected chi connectivity index (χ1v) is 6.52. The lowest BCUT2D eigenvalue weighted by molar-refractivity contribution is 0.00578. The molecule has 0 N–H and O–H groups in total. The molecule has 100 valence electrons. The average Bonchev–Trinajstić information content (AvgIpc) is 2.51. The molecule has 1 aliphatic heterocycles. The summed E-state index contributed by atoms with van der Waals surface area (Å²) in [5.41, 5.74) is 0.382. The Morgan fingerprint density at radius 2 is 1.84 bits per heavy atom. The minimum atomic E-state index is -0.528. The quantitative estimate of drug-likeness (QED) is 0.778. The fraction of sp³-hybridized carbons (Fsp3) is 0.538. The van der Waals surface area contributed by atoms with E-state index in [9.17, 15) is 0 Å². The summed E-state index contributed by atoms with van der Waals surface area (Å²) < 4.78 is 11.8. The molecule has 0 atom stereocenters. The number of hydrogen-bond acceptors (Lipinski definition) is 4. The third-order valence-corrected chi connectivity index (χ3v) is 4.03. The van der Waals surface area contributed by atoms with Crippen molar-refractivity contribution in [2.24, 2.45) is 0 Å². The van der Waals surface area contributed by atoms with Crippen LogP contribution in [0.2, 0.25) is 5.02 Å². The molecule has 0 aliphatic carbocycles. The van der Waals surface area contributed by atoms with Gasteiger partial charge in [-0.25, -0.2) is 0 Å². The van der Waals surface area contributed by atoms with Crippen molar-refractivity contribution >= 4 is 24.3 Å². The van der Waals surface area contributed by atoms with Crippen molar-refractivity contribution in [1.82, 2.24) is 4.98 Å². The Hall–Kier alpha value is -1.09. The summed E-state index contributed by atoms with van der Waals surface area (Å²) >= 11 is 6.00. The average molecular weight is 279 g/mol. The molecule has 2 rings (SSSR count). The van der Waals surface area contributed by atoms with Gasteiger partial charge in [0.05, 0.1) is 40.0 Å². The molecule has 0 bridgehead atoms. The summed E-state index contributed by atoms with van der Waals surface area (Å²) in [5, 5.41) is 9.24. The molecule has 2 heterocycles. The molecule has 1 aromatic heterocycles. The Bertz CT molecular complexity index is 524. The number of hydrogen-bond donors (Lipinski definition) is 0. The third kappa shape index (κ3) is 2.62. The van der Waals surface area contributed by atoms with Gasteiger partial charge in [-0.05, 0) is 39.8 Å². The molecule has 0 unspecified atom stereocenters. The standard InChI is InChI=1S/C13H16BClN2O2/c1-12(2)13(3,4)19-14(18-12)11-6-5-9(15)10(17-11)7-8-16/h5-6H,7H2,1-4H3. The molecule has 0 spiro atoms. The van der Waals surface area contributed by atoms with Gasteiger partial charge in [0.1, 0.15) is 0 Å². The normalized spacial score (nSPS) is 20.3. The van der Waals surface area contributed by atoms with Crippen molar-refractivity contribution in [3.63, 3.8) is 0 Å². The van der Waals surface area contributed by atoms with Crippen LogP contribution < -0.4 is 5.59 Å². The zero-order valence-electron chi connectivity index (χ0n) is 11.5. The number of nitrogens with zero attached hydrogens (tertiary/aromatic N) is 2. The largest absolute Gasteiger partial charge is 0.514 e. The van der Waals surface area contributed by atoms with E-state index in [1.165, 1.54) is 0 Å². The molecule has 4 nitrogen and oxygen atoms in total. The van der Waals surface area contributed by atoms with Crippen LogP contribution >= 0.6 is 11.6 Å². The fourth-order valence-corrected chi connectivity index (χ4v) is 1.97. The lowest BCUT2D eigenvalue weighted by atomic mass is 9.84. The Labute approximate surface area is 118 Å². The molecule has 1 aromatic rings. The Balaban J connectivity index is 2.30. The van der Waals surface area contributed by atoms with E-state index in [0.717, 1.165) is 0 Å². The van der Waals surface area contributed by atoms with Gasteiger partial charge in [0, 0.05) is 0 Å². The Morgan fingerprint density at radius 3 is 2.37 bits per heavy atom. The van der Waals surface area contributed by atoms with Gasteiger partial charge in [0.15, 0.2) is 0 Å². The smallest absolute Gasteiger partial charge is 0.398 e. The third-order valence-electron chi connectivity index (χ3n) is 3.68. The van der Waals surface area contributed by atoms with E-state index in [-0.39, 0.29) is 6.42 Å². The first-order chi connectivity index (χ1) is 8.77. The predicted molar refractivity (Wildman–Crippen MR) is 74.3 cm³/mol. The van der Waals surface area contributed by atoms with Crippen LogP contribution in [0.25, 0.3) is 0 Å². The molecule has 0 saturated carbocycles. The topological polar surface area (TPSA) is 55.1 Å². The molecule has 19 heavy (non-hydrogen) atoms. The number of rotatable bonds is 2. The van der Waals surface area contributed by atoms with Crippen LogP contribution in [0.4, 0.5) is 0 Å². The van der Waals surface area contributed by atoms with E-state index in [4.69, 9.17) is 26.2 Å². The molecule has 0 aromatic carbocycles. The van der Waals surface area contributed by atoms with Crippen molar-refractivity contribution in [1.29, 1.82) is 5.26 Å². The summed E-state index contributed by atoms with van der Waals surface area (Å²) in [5.74, 6) is 0. The Morgan fingerprint density at radius 1 is 1.26 bits per heavy atom. The minimum absolute atomic E-state index is 0.173. The van der Waals surface area contributed by atoms with E-state index < -0.39 is 18.3 Å². The van der Waals surface area contributed by atoms with Crippen LogP contribution in [0.1, 0.15) is 33.4 Å². The maximum atomic E-state index is 8.76. The summed E-state index contributed by atoms with van der Waals surface area (Å²) in [6.45, 7) is 7.94. The summed E-state index contributed by atoms with van der Waals surface area (Å²) in [6, 6.07) is 5.54. The molecule has 0 amide bonds. The van der Waals surface area contributed by atoms with Gasteiger partial charge in [0.2, 0.25) is 0 Å². The molecule has 1 saturated heterocycles. The SMILES string of the molecule is CC1(C)OB(c2ccc(Cl)c(CC#N)n2)OC1(C)C. The van der Waals surface area contributed by atoms with Crippen LogP contribution in [-0.4, -0.2) is 23.3 Å². The van der Waals surface area contributed by atoms with Crippen LogP contribution in [0.5, 0.6) is 0 Å². The number of pyridine rings is 1. The Kier molecular flexibility index (Phi) is 3.61. The highest BCUT2D eigenvalue weighted by molar-refractivity contribution is 6.61. The van der Waals surface area contributed by atoms with Crippen molar-refractivity contribution in [2.75, 3.05) is 0 Å². The second-order valence-corrected chi connectivity index (χ2v) is 5.99. The predicted octanol–water partition coefficient (Wildman–Crippen LogP) is 2.10. The monoisotopic (exact) mass is 278 g/mol. The van der Waals surface area contributed by atoms with Crippen molar-refractivity contribution in [3.8, 4) is 6.07 Å². The maximum absolute atomic E-state index is 8.76. The lowest BCUT2D eigenvalue weighted by Crippen LogP contribution is -2.41. The highest BCUT2D eigenvalue weighted by atomic mass is 35.5. The number of nitriles is 1. The highest BCUT2D eigenvalue weighted by Crippen LogP contribution is 2.36. The van der Waals surface area contributed by atoms with E-state index in [2.05, 4.69) is 4.98 Å². The van der Waals surface area contributed by atoms with E-state index >= 15 is 0 Å². The first kappa shape index (κ1) is 14.3. The first-order valence-electron chi connectivity index (χ1n) is 6.15. The van der Waals surface area contributed by atoms with Crippen molar-refractivity contribution in [2.45, 2.75) is 45.3 Å². The van der Waals surface area contributed by atoms with Crippen LogP contribution in [-0.2, 0) is 15.7 Å². The van der Waals surface area contributed by atoms with E-state index in [1.54, 1.807) is 12.1 Å². The van der Waals surface area contributed by atoms with Gasteiger partial charge in [-0.2, -0.15) is 5.26 Å².